The van der Waals surface area contributed by atoms with Crippen LogP contribution in [-0.4, -0.2) is 25.7 Å². The molecule has 23 heavy (non-hydrogen) atoms. The molecule has 5 heteroatoms. The summed E-state index contributed by atoms with van der Waals surface area (Å²) in [5, 5.41) is 3.05. The second-order valence-electron chi connectivity index (χ2n) is 6.41. The molecule has 1 aliphatic carbocycles. The van der Waals surface area contributed by atoms with Crippen LogP contribution in [0.2, 0.25) is 0 Å². The van der Waals surface area contributed by atoms with Gasteiger partial charge in [-0.1, -0.05) is 36.2 Å². The minimum absolute atomic E-state index is 0. The van der Waals surface area contributed by atoms with Gasteiger partial charge >= 0.3 is 0 Å². The predicted molar refractivity (Wildman–Crippen MR) is 95.8 cm³/mol. The van der Waals surface area contributed by atoms with Crippen molar-refractivity contribution in [3.63, 3.8) is 0 Å². The molecule has 1 aromatic rings. The highest BCUT2D eigenvalue weighted by Gasteiger charge is 2.37. The van der Waals surface area contributed by atoms with Gasteiger partial charge < -0.3 is 15.8 Å². The molecule has 1 amide bonds. The van der Waals surface area contributed by atoms with E-state index in [1.54, 1.807) is 0 Å². The zero-order chi connectivity index (χ0) is 16.0. The number of hydrogen-bond acceptors (Lipinski definition) is 3. The molecule has 0 aliphatic heterocycles. The number of rotatable bonds is 8. The number of amides is 1. The van der Waals surface area contributed by atoms with Crippen LogP contribution in [-0.2, 0) is 9.53 Å². The van der Waals surface area contributed by atoms with Gasteiger partial charge in [-0.25, -0.2) is 0 Å². The summed E-state index contributed by atoms with van der Waals surface area (Å²) in [4.78, 5) is 12.3. The van der Waals surface area contributed by atoms with Crippen molar-refractivity contribution < 1.29 is 9.53 Å². The molecule has 4 nitrogen and oxygen atoms in total. The largest absolute Gasteiger partial charge is 0.382 e. The zero-order valence-electron chi connectivity index (χ0n) is 14.1. The van der Waals surface area contributed by atoms with Crippen molar-refractivity contribution in [2.24, 2.45) is 11.1 Å². The lowest BCUT2D eigenvalue weighted by molar-refractivity contribution is -0.123. The summed E-state index contributed by atoms with van der Waals surface area (Å²) in [5.74, 6) is -0.0912. The Morgan fingerprint density at radius 3 is 2.52 bits per heavy atom. The Morgan fingerprint density at radius 1 is 1.35 bits per heavy atom. The van der Waals surface area contributed by atoms with Gasteiger partial charge in [-0.15, -0.1) is 12.4 Å². The van der Waals surface area contributed by atoms with Gasteiger partial charge in [0.05, 0.1) is 0 Å². The third kappa shape index (κ3) is 5.48. The van der Waals surface area contributed by atoms with E-state index < -0.39 is 6.04 Å². The molecule has 2 rings (SSSR count). The van der Waals surface area contributed by atoms with E-state index in [9.17, 15) is 4.79 Å². The van der Waals surface area contributed by atoms with Gasteiger partial charge in [0.25, 0.3) is 0 Å². The quantitative estimate of drug-likeness (QED) is 0.714. The lowest BCUT2D eigenvalue weighted by Crippen LogP contribution is -2.45. The minimum atomic E-state index is -0.593. The van der Waals surface area contributed by atoms with Crippen LogP contribution < -0.4 is 11.1 Å². The molecule has 0 saturated heterocycles. The number of nitrogens with one attached hydrogen (secondary N) is 1. The summed E-state index contributed by atoms with van der Waals surface area (Å²) < 4.78 is 5.46. The molecular formula is C18H29ClN2O2. The van der Waals surface area contributed by atoms with E-state index in [0.29, 0.717) is 6.54 Å². The number of ether oxygens (including phenoxy) is 1. The van der Waals surface area contributed by atoms with Crippen molar-refractivity contribution in [3.05, 3.63) is 35.4 Å². The number of benzene rings is 1. The number of nitrogens with two attached hydrogens (primary N) is 1. The third-order valence-electron chi connectivity index (χ3n) is 4.75. The van der Waals surface area contributed by atoms with Crippen LogP contribution in [0.3, 0.4) is 0 Å². The number of carbonyl (C=O) groups excluding carboxylic acids is 1. The number of halogens is 1. The highest BCUT2D eigenvalue weighted by Crippen LogP contribution is 2.43. The monoisotopic (exact) mass is 340 g/mol. The molecule has 0 bridgehead atoms. The van der Waals surface area contributed by atoms with Gasteiger partial charge in [-0.05, 0) is 44.1 Å². The van der Waals surface area contributed by atoms with Crippen LogP contribution in [0.5, 0.6) is 0 Å². The number of carbonyl (C=O) groups is 1. The molecule has 1 unspecified atom stereocenters. The Hall–Kier alpha value is -1.10. The number of aryl methyl sites for hydroxylation is 1. The van der Waals surface area contributed by atoms with E-state index >= 15 is 0 Å². The molecular weight excluding hydrogens is 312 g/mol. The van der Waals surface area contributed by atoms with Gasteiger partial charge in [0.2, 0.25) is 5.91 Å². The highest BCUT2D eigenvalue weighted by atomic mass is 35.5. The smallest absolute Gasteiger partial charge is 0.241 e. The summed E-state index contributed by atoms with van der Waals surface area (Å²) >= 11 is 0. The molecule has 0 radical (unpaired) electrons. The third-order valence-corrected chi connectivity index (χ3v) is 4.75. The van der Waals surface area contributed by atoms with E-state index in [4.69, 9.17) is 10.5 Å². The van der Waals surface area contributed by atoms with E-state index in [2.05, 4.69) is 5.32 Å². The maximum Gasteiger partial charge on any atom is 0.241 e. The van der Waals surface area contributed by atoms with Crippen molar-refractivity contribution in [2.75, 3.05) is 19.8 Å². The van der Waals surface area contributed by atoms with E-state index in [1.807, 2.05) is 38.1 Å². The van der Waals surface area contributed by atoms with Gasteiger partial charge in [-0.2, -0.15) is 0 Å². The average molecular weight is 341 g/mol. The van der Waals surface area contributed by atoms with Crippen molar-refractivity contribution >= 4 is 18.3 Å². The fourth-order valence-corrected chi connectivity index (χ4v) is 2.93. The Labute approximate surface area is 145 Å². The Balaban J connectivity index is 0.00000264. The van der Waals surface area contributed by atoms with Gasteiger partial charge in [0.15, 0.2) is 0 Å². The van der Waals surface area contributed by atoms with Crippen molar-refractivity contribution in [2.45, 2.75) is 45.6 Å². The summed E-state index contributed by atoms with van der Waals surface area (Å²) in [7, 11) is 0. The van der Waals surface area contributed by atoms with Crippen molar-refractivity contribution in [1.29, 1.82) is 0 Å². The summed E-state index contributed by atoms with van der Waals surface area (Å²) in [5.41, 5.74) is 8.31. The first-order valence-corrected chi connectivity index (χ1v) is 8.24. The molecule has 1 saturated carbocycles. The van der Waals surface area contributed by atoms with Gasteiger partial charge in [-0.3, -0.25) is 4.79 Å². The standard InChI is InChI=1S/C18H28N2O2.ClH/c1-3-22-12-11-18(9-4-10-18)13-20-17(21)16(19)15-7-5-14(2)6-8-15;/h5-8,16H,3-4,9-13,19H2,1-2H3,(H,20,21);1H. The van der Waals surface area contributed by atoms with E-state index in [1.165, 1.54) is 24.8 Å². The maximum absolute atomic E-state index is 12.3. The Morgan fingerprint density at radius 2 is 2.00 bits per heavy atom. The Bertz CT molecular complexity index is 486. The summed E-state index contributed by atoms with van der Waals surface area (Å²) in [6, 6.07) is 7.22. The van der Waals surface area contributed by atoms with Crippen LogP contribution >= 0.6 is 12.4 Å². The number of hydrogen-bond donors (Lipinski definition) is 2. The Kier molecular flexibility index (Phi) is 8.03. The lowest BCUT2D eigenvalue weighted by Gasteiger charge is -2.42. The first-order chi connectivity index (χ1) is 10.6. The molecule has 130 valence electrons. The average Bonchev–Trinajstić information content (AvgIpc) is 2.49. The van der Waals surface area contributed by atoms with E-state index in [-0.39, 0.29) is 23.7 Å². The van der Waals surface area contributed by atoms with Crippen LogP contribution in [0.15, 0.2) is 24.3 Å². The molecule has 1 aromatic carbocycles. The van der Waals surface area contributed by atoms with Crippen LogP contribution in [0.4, 0.5) is 0 Å². The first-order valence-electron chi connectivity index (χ1n) is 8.24. The predicted octanol–water partition coefficient (Wildman–Crippen LogP) is 3.13. The fourth-order valence-electron chi connectivity index (χ4n) is 2.93. The van der Waals surface area contributed by atoms with Gasteiger partial charge in [0, 0.05) is 19.8 Å². The molecule has 0 heterocycles. The van der Waals surface area contributed by atoms with Crippen molar-refractivity contribution in [3.8, 4) is 0 Å². The molecule has 1 fully saturated rings. The second-order valence-corrected chi connectivity index (χ2v) is 6.41. The first kappa shape index (κ1) is 19.9. The van der Waals surface area contributed by atoms with Crippen LogP contribution in [0.1, 0.15) is 49.8 Å². The SMILES string of the molecule is CCOCCC1(CNC(=O)C(N)c2ccc(C)cc2)CCC1.Cl. The van der Waals surface area contributed by atoms with Crippen LogP contribution in [0, 0.1) is 12.3 Å². The molecule has 3 N–H and O–H groups in total. The molecule has 0 aromatic heterocycles. The van der Waals surface area contributed by atoms with Crippen LogP contribution in [0.25, 0.3) is 0 Å². The second kappa shape index (κ2) is 9.26. The summed E-state index contributed by atoms with van der Waals surface area (Å²) in [6.45, 7) is 6.26. The zero-order valence-corrected chi connectivity index (χ0v) is 15.0. The van der Waals surface area contributed by atoms with Crippen molar-refractivity contribution in [1.82, 2.24) is 5.32 Å². The summed E-state index contributed by atoms with van der Waals surface area (Å²) in [6.07, 6.45) is 4.59. The highest BCUT2D eigenvalue weighted by molar-refractivity contribution is 5.85. The lowest BCUT2D eigenvalue weighted by atomic mass is 9.66. The maximum atomic E-state index is 12.3. The minimum Gasteiger partial charge on any atom is -0.382 e. The topological polar surface area (TPSA) is 64.3 Å². The fraction of sp³-hybridized carbons (Fsp3) is 0.611. The molecule has 0 spiro atoms. The molecule has 1 aliphatic rings. The van der Waals surface area contributed by atoms with E-state index in [0.717, 1.165) is 25.2 Å². The van der Waals surface area contributed by atoms with Gasteiger partial charge in [0.1, 0.15) is 6.04 Å². The molecule has 1 atom stereocenters. The normalized spacial score (nSPS) is 16.8.